The van der Waals surface area contributed by atoms with Crippen molar-refractivity contribution in [1.82, 2.24) is 16.0 Å². The molecule has 0 saturated carbocycles. The van der Waals surface area contributed by atoms with Gasteiger partial charge in [-0.15, -0.1) is 0 Å². The van der Waals surface area contributed by atoms with Crippen molar-refractivity contribution in [2.45, 2.75) is 0 Å². The Morgan fingerprint density at radius 3 is 1.32 bits per heavy atom. The summed E-state index contributed by atoms with van der Waals surface area (Å²) in [7, 11) is 2.31. The van der Waals surface area contributed by atoms with E-state index in [0.29, 0.717) is 11.1 Å². The van der Waals surface area contributed by atoms with Gasteiger partial charge in [-0.2, -0.15) is 0 Å². The lowest BCUT2D eigenvalue weighted by Gasteiger charge is -2.10. The van der Waals surface area contributed by atoms with Crippen LogP contribution in [0.4, 0.5) is 0 Å². The van der Waals surface area contributed by atoms with E-state index in [2.05, 4.69) is 25.4 Å². The molecule has 0 heterocycles. The minimum absolute atomic E-state index is 0.216. The first-order valence-electron chi connectivity index (χ1n) is 9.02. The molecule has 2 amide bonds. The van der Waals surface area contributed by atoms with Crippen LogP contribution in [-0.2, 0) is 19.1 Å². The van der Waals surface area contributed by atoms with Crippen molar-refractivity contribution in [1.29, 1.82) is 0 Å². The molecule has 160 valence electrons. The molecule has 0 aliphatic rings. The van der Waals surface area contributed by atoms with Crippen LogP contribution < -0.4 is 16.0 Å². The molecule has 9 nitrogen and oxygen atoms in total. The molecule has 0 atom stereocenters. The summed E-state index contributed by atoms with van der Waals surface area (Å²) in [5.41, 5.74) is 0.230. The number of carbonyl (C=O) groups excluding carboxylic acids is 4. The van der Waals surface area contributed by atoms with E-state index in [1.165, 1.54) is 0 Å². The summed E-state index contributed by atoms with van der Waals surface area (Å²) < 4.78 is 9.31. The lowest BCUT2D eigenvalue weighted by atomic mass is 10.2. The highest BCUT2D eigenvalue weighted by Gasteiger charge is 2.16. The van der Waals surface area contributed by atoms with Crippen LogP contribution in [0, 0.1) is 0 Å². The molecule has 9 heteroatoms. The zero-order valence-electron chi connectivity index (χ0n) is 16.9. The Labute approximate surface area is 178 Å². The van der Waals surface area contributed by atoms with Crippen LogP contribution in [-0.4, -0.2) is 38.0 Å². The fourth-order valence-corrected chi connectivity index (χ4v) is 2.29. The SMILES string of the molecule is COC(=O)/C(=C/N/C=C(\NC(=O)c1ccccc1)C(=O)OC)NC(=O)c1ccccc1. The number of hydrogen-bond donors (Lipinski definition) is 3. The largest absolute Gasteiger partial charge is 0.464 e. The Bertz CT molecular complexity index is 919. The maximum Gasteiger partial charge on any atom is 0.356 e. The molecule has 3 N–H and O–H groups in total. The van der Waals surface area contributed by atoms with Gasteiger partial charge >= 0.3 is 11.9 Å². The van der Waals surface area contributed by atoms with Crippen LogP contribution >= 0.6 is 0 Å². The third-order valence-electron chi connectivity index (χ3n) is 3.83. The molecule has 0 unspecified atom stereocenters. The van der Waals surface area contributed by atoms with Crippen molar-refractivity contribution >= 4 is 23.8 Å². The molecule has 2 aromatic rings. The molecular weight excluding hydrogens is 402 g/mol. The van der Waals surface area contributed by atoms with E-state index in [1.54, 1.807) is 60.7 Å². The number of hydrogen-bond acceptors (Lipinski definition) is 7. The number of ether oxygens (including phenoxy) is 2. The number of benzene rings is 2. The van der Waals surface area contributed by atoms with Crippen LogP contribution in [0.3, 0.4) is 0 Å². The van der Waals surface area contributed by atoms with Gasteiger partial charge in [0.15, 0.2) is 0 Å². The lowest BCUT2D eigenvalue weighted by molar-refractivity contribution is -0.137. The van der Waals surface area contributed by atoms with Gasteiger partial charge in [-0.1, -0.05) is 36.4 Å². The molecule has 0 bridgehead atoms. The van der Waals surface area contributed by atoms with E-state index in [0.717, 1.165) is 26.6 Å². The highest BCUT2D eigenvalue weighted by molar-refractivity contribution is 6.02. The van der Waals surface area contributed by atoms with Crippen LogP contribution in [0.25, 0.3) is 0 Å². The molecule has 2 rings (SSSR count). The van der Waals surface area contributed by atoms with Gasteiger partial charge in [0.1, 0.15) is 11.4 Å². The van der Waals surface area contributed by atoms with Crippen molar-refractivity contribution < 1.29 is 28.7 Å². The molecule has 0 saturated heterocycles. The summed E-state index contributed by atoms with van der Waals surface area (Å²) >= 11 is 0. The van der Waals surface area contributed by atoms with Gasteiger partial charge in [0, 0.05) is 23.5 Å². The minimum Gasteiger partial charge on any atom is -0.464 e. The Hall–Kier alpha value is -4.40. The van der Waals surface area contributed by atoms with E-state index in [1.807, 2.05) is 0 Å². The van der Waals surface area contributed by atoms with Crippen molar-refractivity contribution in [2.24, 2.45) is 0 Å². The summed E-state index contributed by atoms with van der Waals surface area (Å²) in [4.78, 5) is 48.6. The molecule has 0 aliphatic carbocycles. The molecular formula is C22H21N3O6. The average molecular weight is 423 g/mol. The first kappa shape index (κ1) is 22.9. The third kappa shape index (κ3) is 6.86. The second-order valence-electron chi connectivity index (χ2n) is 5.91. The molecule has 2 aromatic carbocycles. The number of carbonyl (C=O) groups is 4. The smallest absolute Gasteiger partial charge is 0.356 e. The van der Waals surface area contributed by atoms with E-state index in [4.69, 9.17) is 0 Å². The zero-order valence-corrected chi connectivity index (χ0v) is 16.9. The summed E-state index contributed by atoms with van der Waals surface area (Å²) in [6.07, 6.45) is 2.23. The van der Waals surface area contributed by atoms with Gasteiger partial charge in [0.2, 0.25) is 0 Å². The highest BCUT2D eigenvalue weighted by Crippen LogP contribution is 2.03. The number of esters is 2. The lowest BCUT2D eigenvalue weighted by Crippen LogP contribution is -2.31. The summed E-state index contributed by atoms with van der Waals surface area (Å²) in [5.74, 6) is -2.71. The minimum atomic E-state index is -0.821. The zero-order chi connectivity index (χ0) is 22.6. The topological polar surface area (TPSA) is 123 Å². The standard InChI is InChI=1S/C22H21N3O6/c1-30-21(28)17(24-19(26)15-9-5-3-6-10-15)13-23-14-18(22(29)31-2)25-20(27)16-11-7-4-8-12-16/h3-14,23H,1-2H3,(H,24,26)(H,25,27)/b17-13-,18-14-. The third-order valence-corrected chi connectivity index (χ3v) is 3.83. The predicted octanol–water partition coefficient (Wildman–Crippen LogP) is 1.46. The fraction of sp³-hybridized carbons (Fsp3) is 0.0909. The molecule has 0 radical (unpaired) electrons. The normalized spacial score (nSPS) is 11.2. The molecule has 0 aliphatic heterocycles. The van der Waals surface area contributed by atoms with Gasteiger partial charge in [-0.25, -0.2) is 9.59 Å². The predicted molar refractivity (Wildman–Crippen MR) is 111 cm³/mol. The fourth-order valence-electron chi connectivity index (χ4n) is 2.29. The first-order chi connectivity index (χ1) is 15.0. The van der Waals surface area contributed by atoms with Gasteiger partial charge in [-0.05, 0) is 24.3 Å². The van der Waals surface area contributed by atoms with E-state index < -0.39 is 23.8 Å². The second kappa shape index (κ2) is 11.6. The van der Waals surface area contributed by atoms with Crippen LogP contribution in [0.2, 0.25) is 0 Å². The van der Waals surface area contributed by atoms with Gasteiger partial charge in [0.05, 0.1) is 14.2 Å². The number of methoxy groups -OCH3 is 2. The number of nitrogens with one attached hydrogen (secondary N) is 3. The van der Waals surface area contributed by atoms with E-state index >= 15 is 0 Å². The van der Waals surface area contributed by atoms with Crippen LogP contribution in [0.5, 0.6) is 0 Å². The van der Waals surface area contributed by atoms with Crippen molar-refractivity contribution in [3.8, 4) is 0 Å². The van der Waals surface area contributed by atoms with Crippen molar-refractivity contribution in [3.63, 3.8) is 0 Å². The Kier molecular flexibility index (Phi) is 8.54. The average Bonchev–Trinajstić information content (AvgIpc) is 2.82. The van der Waals surface area contributed by atoms with E-state index in [9.17, 15) is 19.2 Å². The van der Waals surface area contributed by atoms with Gasteiger partial charge < -0.3 is 25.4 Å². The van der Waals surface area contributed by atoms with Crippen LogP contribution in [0.15, 0.2) is 84.5 Å². The number of rotatable bonds is 8. The highest BCUT2D eigenvalue weighted by atomic mass is 16.5. The van der Waals surface area contributed by atoms with Crippen molar-refractivity contribution in [2.75, 3.05) is 14.2 Å². The molecule has 0 spiro atoms. The summed E-state index contributed by atoms with van der Waals surface area (Å²) in [6.45, 7) is 0. The van der Waals surface area contributed by atoms with Gasteiger partial charge in [0.25, 0.3) is 11.8 Å². The first-order valence-corrected chi connectivity index (χ1v) is 9.02. The number of amides is 2. The quantitative estimate of drug-likeness (QED) is 0.434. The van der Waals surface area contributed by atoms with Gasteiger partial charge in [-0.3, -0.25) is 9.59 Å². The van der Waals surface area contributed by atoms with E-state index in [-0.39, 0.29) is 11.4 Å². The monoisotopic (exact) mass is 423 g/mol. The molecule has 31 heavy (non-hydrogen) atoms. The molecule has 0 aromatic heterocycles. The molecule has 0 fully saturated rings. The summed E-state index contributed by atoms with van der Waals surface area (Å²) in [5, 5.41) is 7.41. The Morgan fingerprint density at radius 1 is 0.645 bits per heavy atom. The maximum absolute atomic E-state index is 12.3. The maximum atomic E-state index is 12.3. The van der Waals surface area contributed by atoms with Crippen molar-refractivity contribution in [3.05, 3.63) is 95.6 Å². The van der Waals surface area contributed by atoms with Crippen LogP contribution in [0.1, 0.15) is 20.7 Å². The Balaban J connectivity index is 2.18. The summed E-state index contributed by atoms with van der Waals surface area (Å²) in [6, 6.07) is 16.5. The second-order valence-corrected chi connectivity index (χ2v) is 5.91. The Morgan fingerprint density at radius 2 is 1.00 bits per heavy atom.